The van der Waals surface area contributed by atoms with Crippen LogP contribution in [0, 0.1) is 17.8 Å². The van der Waals surface area contributed by atoms with Crippen molar-refractivity contribution in [3.63, 3.8) is 0 Å². The topological polar surface area (TPSA) is 237 Å². The molecular weight excluding hydrogens is 1140 g/mol. The van der Waals surface area contributed by atoms with Gasteiger partial charge in [-0.05, 0) is 43.4 Å². The molecule has 0 saturated heterocycles. The van der Waals surface area contributed by atoms with Gasteiger partial charge < -0.3 is 33.8 Å². The number of phosphoric acid groups is 2. The summed E-state index contributed by atoms with van der Waals surface area (Å²) in [5.41, 5.74) is 0. The third-order valence-corrected chi connectivity index (χ3v) is 17.6. The molecule has 0 bridgehead atoms. The lowest BCUT2D eigenvalue weighted by Gasteiger charge is -2.21. The second-order valence-electron chi connectivity index (χ2n) is 25.4. The molecule has 0 spiro atoms. The summed E-state index contributed by atoms with van der Waals surface area (Å²) in [7, 11) is -9.89. The van der Waals surface area contributed by atoms with Gasteiger partial charge >= 0.3 is 39.5 Å². The molecule has 0 aliphatic heterocycles. The molecule has 0 aliphatic rings. The van der Waals surface area contributed by atoms with Crippen LogP contribution in [0.25, 0.3) is 0 Å². The first kappa shape index (κ1) is 84.1. The number of carbonyl (C=O) groups is 4. The van der Waals surface area contributed by atoms with Crippen LogP contribution in [0.1, 0.15) is 331 Å². The fourth-order valence-electron chi connectivity index (χ4n) is 9.98. The SMILES string of the molecule is CCCCCCCCCCCC(=O)OC[C@H](COP(=O)(O)OC[C@H](O)COP(=O)(O)OC[C@@H](COC(=O)CCCCCCCCCCCCC(C)C)OC(=O)CCCCCCCCCCCCCC(C)C)OC(=O)CCCCCCCCC(C)CC. The van der Waals surface area contributed by atoms with Crippen LogP contribution in [-0.4, -0.2) is 96.7 Å². The van der Waals surface area contributed by atoms with Gasteiger partial charge in [-0.3, -0.25) is 37.3 Å². The molecule has 17 nitrogen and oxygen atoms in total. The molecule has 0 amide bonds. The fourth-order valence-corrected chi connectivity index (χ4v) is 11.6. The molecule has 0 aromatic rings. The highest BCUT2D eigenvalue weighted by Gasteiger charge is 2.30. The Morgan fingerprint density at radius 3 is 0.884 bits per heavy atom. The first-order valence-electron chi connectivity index (χ1n) is 34.9. The summed E-state index contributed by atoms with van der Waals surface area (Å²) in [5, 5.41) is 10.6. The van der Waals surface area contributed by atoms with Crippen molar-refractivity contribution in [2.75, 3.05) is 39.6 Å². The molecule has 0 aromatic carbocycles. The van der Waals surface area contributed by atoms with E-state index in [1.165, 1.54) is 141 Å². The van der Waals surface area contributed by atoms with Crippen LogP contribution in [0.4, 0.5) is 0 Å². The van der Waals surface area contributed by atoms with Gasteiger partial charge in [0.15, 0.2) is 12.2 Å². The maximum atomic E-state index is 13.0. The molecule has 6 atom stereocenters. The van der Waals surface area contributed by atoms with Crippen LogP contribution in [0.5, 0.6) is 0 Å². The second kappa shape index (κ2) is 58.2. The van der Waals surface area contributed by atoms with E-state index in [9.17, 15) is 43.2 Å². The number of hydrogen-bond acceptors (Lipinski definition) is 15. The van der Waals surface area contributed by atoms with Gasteiger partial charge in [0.2, 0.25) is 0 Å². The average Bonchev–Trinajstić information content (AvgIpc) is 3.67. The van der Waals surface area contributed by atoms with Crippen molar-refractivity contribution < 1.29 is 80.2 Å². The molecule has 0 aliphatic carbocycles. The maximum Gasteiger partial charge on any atom is 0.472 e. The number of aliphatic hydroxyl groups excluding tert-OH is 1. The zero-order valence-electron chi connectivity index (χ0n) is 55.8. The van der Waals surface area contributed by atoms with Gasteiger partial charge in [-0.25, -0.2) is 9.13 Å². The largest absolute Gasteiger partial charge is 0.472 e. The summed E-state index contributed by atoms with van der Waals surface area (Å²) < 4.78 is 68.1. The third-order valence-electron chi connectivity index (χ3n) is 15.7. The standard InChI is InChI=1S/C67H130O17P2/c1-8-10-11-12-13-19-26-34-41-48-64(69)77-55-63(84-67(72)51-44-37-30-29-33-40-47-60(7)9-2)57-82-86(75,76)80-53-61(68)52-79-85(73,74)81-56-62(54-78-65(70)49-42-35-27-22-18-17-21-25-32-39-46-59(5)6)83-66(71)50-43-36-28-23-16-14-15-20-24-31-38-45-58(3)4/h58-63,68H,8-57H2,1-7H3,(H,73,74)(H,75,76)/t60?,61-,62-,63-/m1/s1. The zero-order chi connectivity index (χ0) is 63.8. The summed E-state index contributed by atoms with van der Waals surface area (Å²) in [4.78, 5) is 72.3. The summed E-state index contributed by atoms with van der Waals surface area (Å²) in [6.45, 7) is 11.8. The van der Waals surface area contributed by atoms with Crippen molar-refractivity contribution >= 4 is 39.5 Å². The molecule has 3 unspecified atom stereocenters. The Hall–Kier alpha value is -1.94. The Bertz CT molecular complexity index is 1700. The highest BCUT2D eigenvalue weighted by atomic mass is 31.2. The molecule has 0 heterocycles. The molecule has 510 valence electrons. The van der Waals surface area contributed by atoms with Gasteiger partial charge in [-0.15, -0.1) is 0 Å². The quantitative estimate of drug-likeness (QED) is 0.0222. The monoisotopic (exact) mass is 1270 g/mol. The number of carbonyl (C=O) groups excluding carboxylic acids is 4. The van der Waals surface area contributed by atoms with Gasteiger partial charge in [0.05, 0.1) is 26.4 Å². The number of phosphoric ester groups is 2. The molecule has 0 radical (unpaired) electrons. The van der Waals surface area contributed by atoms with Crippen LogP contribution in [0.3, 0.4) is 0 Å². The van der Waals surface area contributed by atoms with Crippen LogP contribution >= 0.6 is 15.6 Å². The van der Waals surface area contributed by atoms with E-state index < -0.39 is 97.5 Å². The van der Waals surface area contributed by atoms with Crippen LogP contribution in [-0.2, 0) is 65.4 Å². The minimum atomic E-state index is -4.95. The van der Waals surface area contributed by atoms with E-state index >= 15 is 0 Å². The molecule has 19 heteroatoms. The van der Waals surface area contributed by atoms with Crippen molar-refractivity contribution in [1.82, 2.24) is 0 Å². The van der Waals surface area contributed by atoms with E-state index in [0.717, 1.165) is 108 Å². The van der Waals surface area contributed by atoms with Gasteiger partial charge in [0.25, 0.3) is 0 Å². The number of ether oxygens (including phenoxy) is 4. The van der Waals surface area contributed by atoms with Crippen LogP contribution in [0.15, 0.2) is 0 Å². The number of unbranched alkanes of at least 4 members (excludes halogenated alkanes) is 32. The van der Waals surface area contributed by atoms with E-state index in [1.807, 2.05) is 0 Å². The van der Waals surface area contributed by atoms with Crippen molar-refractivity contribution in [1.29, 1.82) is 0 Å². The van der Waals surface area contributed by atoms with Gasteiger partial charge in [-0.2, -0.15) is 0 Å². The van der Waals surface area contributed by atoms with Crippen molar-refractivity contribution in [2.45, 2.75) is 349 Å². The first-order valence-corrected chi connectivity index (χ1v) is 37.9. The van der Waals surface area contributed by atoms with E-state index in [2.05, 4.69) is 48.5 Å². The second-order valence-corrected chi connectivity index (χ2v) is 28.3. The lowest BCUT2D eigenvalue weighted by molar-refractivity contribution is -0.161. The van der Waals surface area contributed by atoms with Gasteiger partial charge in [0, 0.05) is 25.7 Å². The van der Waals surface area contributed by atoms with E-state index in [4.69, 9.17) is 37.0 Å². The zero-order valence-corrected chi connectivity index (χ0v) is 57.6. The predicted octanol–water partition coefficient (Wildman–Crippen LogP) is 18.7. The average molecular weight is 1270 g/mol. The third kappa shape index (κ3) is 59.7. The number of rotatable bonds is 65. The van der Waals surface area contributed by atoms with E-state index in [-0.39, 0.29) is 25.7 Å². The maximum absolute atomic E-state index is 13.0. The molecular formula is C67H130O17P2. The number of aliphatic hydroxyl groups is 1. The van der Waals surface area contributed by atoms with Crippen molar-refractivity contribution in [3.05, 3.63) is 0 Å². The minimum absolute atomic E-state index is 0.103. The molecule has 0 saturated carbocycles. The molecule has 0 aromatic heterocycles. The lowest BCUT2D eigenvalue weighted by atomic mass is 10.00. The fraction of sp³-hybridized carbons (Fsp3) is 0.940. The first-order chi connectivity index (χ1) is 41.3. The Balaban J connectivity index is 5.25. The minimum Gasteiger partial charge on any atom is -0.462 e. The number of esters is 4. The summed E-state index contributed by atoms with van der Waals surface area (Å²) in [6.07, 6.45) is 40.3. The number of hydrogen-bond donors (Lipinski definition) is 3. The van der Waals surface area contributed by atoms with Crippen LogP contribution in [0.2, 0.25) is 0 Å². The Kier molecular flexibility index (Phi) is 56.9. The van der Waals surface area contributed by atoms with Gasteiger partial charge in [-0.1, -0.05) is 280 Å². The molecule has 86 heavy (non-hydrogen) atoms. The van der Waals surface area contributed by atoms with E-state index in [1.54, 1.807) is 0 Å². The smallest absolute Gasteiger partial charge is 0.462 e. The highest BCUT2D eigenvalue weighted by molar-refractivity contribution is 7.47. The summed E-state index contributed by atoms with van der Waals surface area (Å²) >= 11 is 0. The van der Waals surface area contributed by atoms with Crippen LogP contribution < -0.4 is 0 Å². The van der Waals surface area contributed by atoms with Gasteiger partial charge in [0.1, 0.15) is 19.3 Å². The Morgan fingerprint density at radius 2 is 0.593 bits per heavy atom. The van der Waals surface area contributed by atoms with E-state index in [0.29, 0.717) is 25.7 Å². The van der Waals surface area contributed by atoms with Crippen molar-refractivity contribution in [3.8, 4) is 0 Å². The molecule has 3 N–H and O–H groups in total. The molecule has 0 fully saturated rings. The lowest BCUT2D eigenvalue weighted by Crippen LogP contribution is -2.30. The molecule has 0 rings (SSSR count). The Labute approximate surface area is 524 Å². The highest BCUT2D eigenvalue weighted by Crippen LogP contribution is 2.45. The normalized spacial score (nSPS) is 14.6. The summed E-state index contributed by atoms with van der Waals surface area (Å²) in [5.74, 6) is 0.110. The van der Waals surface area contributed by atoms with Crippen molar-refractivity contribution in [2.24, 2.45) is 17.8 Å². The Morgan fingerprint density at radius 1 is 0.337 bits per heavy atom. The summed E-state index contributed by atoms with van der Waals surface area (Å²) in [6, 6.07) is 0. The predicted molar refractivity (Wildman–Crippen MR) is 344 cm³/mol.